The maximum absolute atomic E-state index is 12.4. The van der Waals surface area contributed by atoms with Crippen LogP contribution in [-0.2, 0) is 0 Å². The van der Waals surface area contributed by atoms with Crippen LogP contribution in [0.3, 0.4) is 0 Å². The zero-order valence-electron chi connectivity index (χ0n) is 7.91. The maximum Gasteiger partial charge on any atom is 0.289 e. The third-order valence-corrected chi connectivity index (χ3v) is 3.32. The summed E-state index contributed by atoms with van der Waals surface area (Å²) in [4.78, 5) is 4.36. The Hall–Kier alpha value is -1.23. The van der Waals surface area contributed by atoms with Crippen LogP contribution in [0.25, 0.3) is 5.57 Å². The Morgan fingerprint density at radius 2 is 2.27 bits per heavy atom. The fraction of sp³-hybridized carbons (Fsp3) is 0.300. The molecule has 2 nitrogen and oxygen atoms in total. The minimum absolute atomic E-state index is 0.196. The summed E-state index contributed by atoms with van der Waals surface area (Å²) in [6, 6.07) is 0. The van der Waals surface area contributed by atoms with Crippen LogP contribution in [0.15, 0.2) is 18.2 Å². The van der Waals surface area contributed by atoms with Gasteiger partial charge in [0.2, 0.25) is 0 Å². The van der Waals surface area contributed by atoms with Crippen molar-refractivity contribution in [3.63, 3.8) is 0 Å². The summed E-state index contributed by atoms with van der Waals surface area (Å²) in [6.45, 7) is 0. The van der Waals surface area contributed by atoms with E-state index in [0.29, 0.717) is 4.88 Å². The maximum atomic E-state index is 12.4. The van der Waals surface area contributed by atoms with Crippen LogP contribution >= 0.6 is 11.3 Å². The topological polar surface area (TPSA) is 38.9 Å². The normalized spacial score (nSPS) is 15.8. The molecule has 2 N–H and O–H groups in total. The largest absolute Gasteiger partial charge is 0.382 e. The standard InChI is InChI=1S/C10H10F2N2S/c11-8(12)10-14-9(13)7(15-10)6-4-2-1-3-5-6/h1-2,4,8H,3,5,13H2. The van der Waals surface area contributed by atoms with Crippen molar-refractivity contribution in [2.45, 2.75) is 19.3 Å². The van der Waals surface area contributed by atoms with E-state index in [1.165, 1.54) is 0 Å². The first-order valence-electron chi connectivity index (χ1n) is 4.59. The number of alkyl halides is 2. The summed E-state index contributed by atoms with van der Waals surface area (Å²) in [5.74, 6) is 0.219. The van der Waals surface area contributed by atoms with Gasteiger partial charge in [0.15, 0.2) is 5.01 Å². The number of allylic oxidation sites excluding steroid dienone is 4. The molecule has 2 rings (SSSR count). The van der Waals surface area contributed by atoms with Gasteiger partial charge in [-0.2, -0.15) is 0 Å². The molecule has 1 aromatic rings. The number of hydrogen-bond donors (Lipinski definition) is 1. The van der Waals surface area contributed by atoms with Crippen LogP contribution < -0.4 is 5.73 Å². The van der Waals surface area contributed by atoms with Crippen molar-refractivity contribution < 1.29 is 8.78 Å². The summed E-state index contributed by atoms with van der Waals surface area (Å²) in [6.07, 6.45) is 5.08. The average Bonchev–Trinajstić information content (AvgIpc) is 2.62. The van der Waals surface area contributed by atoms with E-state index in [-0.39, 0.29) is 10.8 Å². The molecule has 1 aliphatic carbocycles. The third kappa shape index (κ3) is 2.07. The van der Waals surface area contributed by atoms with Gasteiger partial charge in [0.1, 0.15) is 5.82 Å². The molecule has 0 aromatic carbocycles. The Balaban J connectivity index is 2.35. The monoisotopic (exact) mass is 228 g/mol. The molecule has 1 aliphatic rings. The highest BCUT2D eigenvalue weighted by Crippen LogP contribution is 2.36. The van der Waals surface area contributed by atoms with E-state index >= 15 is 0 Å². The molecule has 1 heterocycles. The second-order valence-electron chi connectivity index (χ2n) is 3.23. The van der Waals surface area contributed by atoms with Crippen molar-refractivity contribution in [1.29, 1.82) is 0 Å². The fourth-order valence-electron chi connectivity index (χ4n) is 1.46. The Morgan fingerprint density at radius 1 is 1.47 bits per heavy atom. The van der Waals surface area contributed by atoms with Crippen molar-refractivity contribution >= 4 is 22.7 Å². The quantitative estimate of drug-likeness (QED) is 0.842. The first-order chi connectivity index (χ1) is 7.18. The number of hydrogen-bond acceptors (Lipinski definition) is 3. The average molecular weight is 228 g/mol. The molecule has 0 bridgehead atoms. The zero-order valence-corrected chi connectivity index (χ0v) is 8.73. The van der Waals surface area contributed by atoms with Crippen molar-refractivity contribution in [2.75, 3.05) is 5.73 Å². The van der Waals surface area contributed by atoms with E-state index in [9.17, 15) is 8.78 Å². The smallest absolute Gasteiger partial charge is 0.289 e. The lowest BCUT2D eigenvalue weighted by Gasteiger charge is -2.06. The molecule has 0 atom stereocenters. The van der Waals surface area contributed by atoms with Gasteiger partial charge in [0, 0.05) is 0 Å². The van der Waals surface area contributed by atoms with Crippen LogP contribution in [0.2, 0.25) is 0 Å². The van der Waals surface area contributed by atoms with Gasteiger partial charge in [-0.3, -0.25) is 0 Å². The van der Waals surface area contributed by atoms with E-state index in [1.807, 2.05) is 18.2 Å². The Morgan fingerprint density at radius 3 is 2.80 bits per heavy atom. The molecule has 0 spiro atoms. The van der Waals surface area contributed by atoms with Crippen LogP contribution in [-0.4, -0.2) is 4.98 Å². The number of nitrogens with two attached hydrogens (primary N) is 1. The molecule has 0 aliphatic heterocycles. The number of anilines is 1. The molecular formula is C10H10F2N2S. The molecule has 15 heavy (non-hydrogen) atoms. The first kappa shape index (κ1) is 10.3. The van der Waals surface area contributed by atoms with Gasteiger partial charge in [-0.15, -0.1) is 11.3 Å². The van der Waals surface area contributed by atoms with Crippen LogP contribution in [0.1, 0.15) is 29.2 Å². The van der Waals surface area contributed by atoms with Gasteiger partial charge in [-0.05, 0) is 18.4 Å². The Labute approximate surface area is 90.1 Å². The van der Waals surface area contributed by atoms with E-state index in [4.69, 9.17) is 5.73 Å². The second-order valence-corrected chi connectivity index (χ2v) is 4.26. The molecule has 0 unspecified atom stereocenters. The molecule has 0 saturated heterocycles. The van der Waals surface area contributed by atoms with Gasteiger partial charge in [0.25, 0.3) is 6.43 Å². The third-order valence-electron chi connectivity index (χ3n) is 2.16. The van der Waals surface area contributed by atoms with E-state index in [1.54, 1.807) is 0 Å². The molecular weight excluding hydrogens is 218 g/mol. The number of halogens is 2. The van der Waals surface area contributed by atoms with E-state index in [0.717, 1.165) is 29.8 Å². The van der Waals surface area contributed by atoms with Crippen molar-refractivity contribution in [3.05, 3.63) is 28.1 Å². The van der Waals surface area contributed by atoms with Gasteiger partial charge in [0.05, 0.1) is 4.88 Å². The van der Waals surface area contributed by atoms with E-state index < -0.39 is 6.43 Å². The van der Waals surface area contributed by atoms with Gasteiger partial charge < -0.3 is 5.73 Å². The molecule has 0 fully saturated rings. The van der Waals surface area contributed by atoms with Crippen LogP contribution in [0.4, 0.5) is 14.6 Å². The Kier molecular flexibility index (Phi) is 2.81. The highest BCUT2D eigenvalue weighted by atomic mass is 32.1. The van der Waals surface area contributed by atoms with Crippen molar-refractivity contribution in [1.82, 2.24) is 4.98 Å². The summed E-state index contributed by atoms with van der Waals surface area (Å²) in [7, 11) is 0. The zero-order chi connectivity index (χ0) is 10.8. The summed E-state index contributed by atoms with van der Waals surface area (Å²) in [5.41, 5.74) is 6.61. The minimum atomic E-state index is -2.54. The lowest BCUT2D eigenvalue weighted by molar-refractivity contribution is 0.151. The number of nitrogens with zero attached hydrogens (tertiary/aromatic N) is 1. The number of nitrogen functional groups attached to an aromatic ring is 1. The molecule has 5 heteroatoms. The minimum Gasteiger partial charge on any atom is -0.382 e. The molecule has 0 radical (unpaired) electrons. The fourth-order valence-corrected chi connectivity index (χ4v) is 2.36. The Bertz CT molecular complexity index is 421. The van der Waals surface area contributed by atoms with Crippen molar-refractivity contribution in [3.8, 4) is 0 Å². The number of rotatable bonds is 2. The highest BCUT2D eigenvalue weighted by Gasteiger charge is 2.18. The lowest BCUT2D eigenvalue weighted by Crippen LogP contribution is -1.92. The van der Waals surface area contributed by atoms with Gasteiger partial charge in [-0.1, -0.05) is 18.2 Å². The molecule has 0 saturated carbocycles. The SMILES string of the molecule is Nc1nc(C(F)F)sc1C1=CC=CCC1. The van der Waals surface area contributed by atoms with Crippen molar-refractivity contribution in [2.24, 2.45) is 0 Å². The predicted molar refractivity (Wildman–Crippen MR) is 57.8 cm³/mol. The molecule has 80 valence electrons. The van der Waals surface area contributed by atoms with Crippen LogP contribution in [0, 0.1) is 0 Å². The molecule has 0 amide bonds. The molecule has 1 aromatic heterocycles. The second kappa shape index (κ2) is 4.10. The van der Waals surface area contributed by atoms with Gasteiger partial charge in [-0.25, -0.2) is 13.8 Å². The van der Waals surface area contributed by atoms with E-state index in [2.05, 4.69) is 4.98 Å². The summed E-state index contributed by atoms with van der Waals surface area (Å²) < 4.78 is 24.8. The predicted octanol–water partition coefficient (Wildman–Crippen LogP) is 3.40. The highest BCUT2D eigenvalue weighted by molar-refractivity contribution is 7.13. The first-order valence-corrected chi connectivity index (χ1v) is 5.40. The van der Waals surface area contributed by atoms with Crippen LogP contribution in [0.5, 0.6) is 0 Å². The van der Waals surface area contributed by atoms with Gasteiger partial charge >= 0.3 is 0 Å². The summed E-state index contributed by atoms with van der Waals surface area (Å²) in [5, 5.41) is -0.196. The number of thiazole rings is 1. The summed E-state index contributed by atoms with van der Waals surface area (Å²) >= 11 is 0.986. The lowest BCUT2D eigenvalue weighted by atomic mass is 10.0. The number of aromatic nitrogens is 1.